The minimum Gasteiger partial charge on any atom is -0.432 e. The highest BCUT2D eigenvalue weighted by Gasteiger charge is 2.27. The van der Waals surface area contributed by atoms with Gasteiger partial charge in [-0.1, -0.05) is 0 Å². The molecule has 1 aliphatic carbocycles. The second-order valence-electron chi connectivity index (χ2n) is 4.59. The van der Waals surface area contributed by atoms with Crippen molar-refractivity contribution in [2.45, 2.75) is 39.4 Å². The summed E-state index contributed by atoms with van der Waals surface area (Å²) in [5, 5.41) is 9.69. The third kappa shape index (κ3) is 2.07. The number of ketones is 2. The zero-order valence-corrected chi connectivity index (χ0v) is 10.2. The fourth-order valence-corrected chi connectivity index (χ4v) is 2.43. The predicted molar refractivity (Wildman–Crippen MR) is 65.6 cm³/mol. The van der Waals surface area contributed by atoms with E-state index in [1.807, 2.05) is 0 Å². The van der Waals surface area contributed by atoms with Gasteiger partial charge in [-0.2, -0.15) is 0 Å². The SMILES string of the molecule is CB(O)n1cc(C(C)=O)c2c1CCCCC2=O. The second-order valence-corrected chi connectivity index (χ2v) is 4.59. The summed E-state index contributed by atoms with van der Waals surface area (Å²) in [6.07, 6.45) is 4.63. The summed E-state index contributed by atoms with van der Waals surface area (Å²) in [6.45, 7) is 3.10. The first-order chi connectivity index (χ1) is 8.02. The molecule has 90 valence electrons. The van der Waals surface area contributed by atoms with E-state index in [0.29, 0.717) is 17.5 Å². The van der Waals surface area contributed by atoms with Crippen LogP contribution in [0.25, 0.3) is 0 Å². The summed E-state index contributed by atoms with van der Waals surface area (Å²) in [5.41, 5.74) is 1.80. The number of aromatic nitrogens is 1. The van der Waals surface area contributed by atoms with Gasteiger partial charge < -0.3 is 9.50 Å². The minimum atomic E-state index is -0.706. The molecule has 0 aromatic carbocycles. The van der Waals surface area contributed by atoms with E-state index >= 15 is 0 Å². The molecule has 1 N–H and O–H groups in total. The van der Waals surface area contributed by atoms with Crippen LogP contribution in [0.3, 0.4) is 0 Å². The first kappa shape index (κ1) is 12.1. The number of carbonyl (C=O) groups is 2. The summed E-state index contributed by atoms with van der Waals surface area (Å²) < 4.78 is 1.65. The molecule has 0 saturated heterocycles. The molecule has 0 saturated carbocycles. The fourth-order valence-electron chi connectivity index (χ4n) is 2.43. The lowest BCUT2D eigenvalue weighted by Gasteiger charge is -2.08. The van der Waals surface area contributed by atoms with Crippen LogP contribution < -0.4 is 0 Å². The summed E-state index contributed by atoms with van der Waals surface area (Å²) in [5.74, 6) is -0.0852. The van der Waals surface area contributed by atoms with Crippen LogP contribution >= 0.6 is 0 Å². The molecule has 1 aliphatic rings. The Kier molecular flexibility index (Phi) is 3.20. The lowest BCUT2D eigenvalue weighted by atomic mass is 9.87. The zero-order valence-electron chi connectivity index (χ0n) is 10.2. The van der Waals surface area contributed by atoms with E-state index in [0.717, 1.165) is 25.0 Å². The third-order valence-electron chi connectivity index (χ3n) is 3.27. The van der Waals surface area contributed by atoms with Crippen molar-refractivity contribution in [2.24, 2.45) is 0 Å². The van der Waals surface area contributed by atoms with Gasteiger partial charge >= 0.3 is 7.05 Å². The van der Waals surface area contributed by atoms with E-state index in [2.05, 4.69) is 0 Å². The smallest absolute Gasteiger partial charge is 0.413 e. The van der Waals surface area contributed by atoms with E-state index in [1.54, 1.807) is 17.5 Å². The van der Waals surface area contributed by atoms with Crippen LogP contribution in [0.5, 0.6) is 0 Å². The van der Waals surface area contributed by atoms with Gasteiger partial charge in [-0.05, 0) is 33.0 Å². The van der Waals surface area contributed by atoms with Crippen LogP contribution in [-0.2, 0) is 6.42 Å². The highest BCUT2D eigenvalue weighted by atomic mass is 16.2. The van der Waals surface area contributed by atoms with Gasteiger partial charge in [-0.3, -0.25) is 9.59 Å². The number of carbonyl (C=O) groups excluding carboxylic acids is 2. The number of Topliss-reactive ketones (excluding diaryl/α,β-unsaturated/α-hetero) is 2. The van der Waals surface area contributed by atoms with Crippen molar-refractivity contribution >= 4 is 18.6 Å². The second kappa shape index (κ2) is 4.49. The number of hydrogen-bond donors (Lipinski definition) is 1. The predicted octanol–water partition coefficient (Wildman–Crippen LogP) is 1.56. The maximum Gasteiger partial charge on any atom is 0.413 e. The van der Waals surface area contributed by atoms with Gasteiger partial charge in [-0.15, -0.1) is 0 Å². The molecule has 0 bridgehead atoms. The quantitative estimate of drug-likeness (QED) is 0.479. The Labute approximate surface area is 101 Å². The Morgan fingerprint density at radius 1 is 1.41 bits per heavy atom. The summed E-state index contributed by atoms with van der Waals surface area (Å²) in [4.78, 5) is 23.6. The van der Waals surface area contributed by atoms with Crippen LogP contribution in [-0.4, -0.2) is 28.1 Å². The molecular weight excluding hydrogens is 217 g/mol. The number of fused-ring (bicyclic) bond motifs is 1. The molecular formula is C12H16BNO3. The van der Waals surface area contributed by atoms with Crippen molar-refractivity contribution in [2.75, 3.05) is 0 Å². The highest BCUT2D eigenvalue weighted by molar-refractivity contribution is 6.47. The zero-order chi connectivity index (χ0) is 12.6. The fraction of sp³-hybridized carbons (Fsp3) is 0.500. The van der Waals surface area contributed by atoms with Crippen molar-refractivity contribution in [3.63, 3.8) is 0 Å². The Hall–Kier alpha value is -1.36. The molecule has 17 heavy (non-hydrogen) atoms. The van der Waals surface area contributed by atoms with Gasteiger partial charge in [0.15, 0.2) is 11.6 Å². The minimum absolute atomic E-state index is 0.0297. The Morgan fingerprint density at radius 2 is 2.06 bits per heavy atom. The van der Waals surface area contributed by atoms with Crippen LogP contribution in [0.2, 0.25) is 6.82 Å². The summed E-state index contributed by atoms with van der Waals surface area (Å²) in [7, 11) is -0.706. The molecule has 1 aromatic heterocycles. The molecule has 0 amide bonds. The number of rotatable bonds is 2. The molecule has 4 nitrogen and oxygen atoms in total. The highest BCUT2D eigenvalue weighted by Crippen LogP contribution is 2.26. The first-order valence-corrected chi connectivity index (χ1v) is 5.98. The maximum absolute atomic E-state index is 12.0. The monoisotopic (exact) mass is 233 g/mol. The number of hydrogen-bond acceptors (Lipinski definition) is 3. The molecule has 1 aromatic rings. The largest absolute Gasteiger partial charge is 0.432 e. The average Bonchev–Trinajstić information content (AvgIpc) is 2.54. The van der Waals surface area contributed by atoms with E-state index < -0.39 is 7.05 Å². The van der Waals surface area contributed by atoms with Gasteiger partial charge in [0.25, 0.3) is 0 Å². The van der Waals surface area contributed by atoms with Crippen molar-refractivity contribution in [3.8, 4) is 0 Å². The molecule has 0 radical (unpaired) electrons. The van der Waals surface area contributed by atoms with E-state index in [4.69, 9.17) is 0 Å². The van der Waals surface area contributed by atoms with Gasteiger partial charge in [0, 0.05) is 29.4 Å². The van der Waals surface area contributed by atoms with Crippen molar-refractivity contribution in [1.29, 1.82) is 0 Å². The average molecular weight is 233 g/mol. The first-order valence-electron chi connectivity index (χ1n) is 5.98. The summed E-state index contributed by atoms with van der Waals surface area (Å²) >= 11 is 0. The van der Waals surface area contributed by atoms with Gasteiger partial charge in [0.1, 0.15) is 0 Å². The Bertz CT molecular complexity index is 476. The standard InChI is InChI=1S/C12H16BNO3/c1-8(15)9-7-14(13(2)17)10-5-3-4-6-11(16)12(9)10/h7,17H,3-6H2,1-2H3. The Balaban J connectivity index is 2.64. The molecule has 5 heteroatoms. The molecule has 1 heterocycles. The van der Waals surface area contributed by atoms with Crippen molar-refractivity contribution in [3.05, 3.63) is 23.0 Å². The van der Waals surface area contributed by atoms with E-state index in [9.17, 15) is 14.6 Å². The molecule has 0 aliphatic heterocycles. The lowest BCUT2D eigenvalue weighted by molar-refractivity contribution is 0.0962. The van der Waals surface area contributed by atoms with Crippen LogP contribution in [0.1, 0.15) is 52.6 Å². The van der Waals surface area contributed by atoms with Gasteiger partial charge in [0.2, 0.25) is 0 Å². The molecule has 0 fully saturated rings. The van der Waals surface area contributed by atoms with Crippen molar-refractivity contribution < 1.29 is 14.6 Å². The molecule has 2 rings (SSSR count). The van der Waals surface area contributed by atoms with Crippen LogP contribution in [0, 0.1) is 0 Å². The van der Waals surface area contributed by atoms with E-state index in [1.165, 1.54) is 6.92 Å². The number of nitrogens with zero attached hydrogens (tertiary/aromatic N) is 1. The van der Waals surface area contributed by atoms with Gasteiger partial charge in [-0.25, -0.2) is 0 Å². The Morgan fingerprint density at radius 3 is 2.65 bits per heavy atom. The summed E-state index contributed by atoms with van der Waals surface area (Å²) in [6, 6.07) is 0. The maximum atomic E-state index is 12.0. The van der Waals surface area contributed by atoms with E-state index in [-0.39, 0.29) is 11.6 Å². The van der Waals surface area contributed by atoms with Crippen LogP contribution in [0.15, 0.2) is 6.20 Å². The van der Waals surface area contributed by atoms with Gasteiger partial charge in [0.05, 0.1) is 0 Å². The van der Waals surface area contributed by atoms with Crippen LogP contribution in [0.4, 0.5) is 0 Å². The topological polar surface area (TPSA) is 59.3 Å². The molecule has 0 spiro atoms. The lowest BCUT2D eigenvalue weighted by Crippen LogP contribution is -2.21. The molecule has 0 atom stereocenters. The molecule has 0 unspecified atom stereocenters. The normalized spacial score (nSPS) is 15.4. The third-order valence-corrected chi connectivity index (χ3v) is 3.27. The van der Waals surface area contributed by atoms with Crippen molar-refractivity contribution in [1.82, 2.24) is 4.48 Å².